The number of para-hydroxylation sites is 1. The molecule has 2 aromatic rings. The Morgan fingerprint density at radius 2 is 2.00 bits per heavy atom. The van der Waals surface area contributed by atoms with Crippen LogP contribution in [0.5, 0.6) is 0 Å². The molecule has 0 bridgehead atoms. The number of nitrogens with one attached hydrogen (secondary N) is 2. The molecule has 1 aromatic heterocycles. The number of piperidine rings is 1. The second-order valence-electron chi connectivity index (χ2n) is 5.55. The Hall–Kier alpha value is -2.88. The molecule has 0 saturated carbocycles. The maximum absolute atomic E-state index is 11.8. The first kappa shape index (κ1) is 12.8. The van der Waals surface area contributed by atoms with Gasteiger partial charge in [0.05, 0.1) is 6.42 Å². The van der Waals surface area contributed by atoms with Gasteiger partial charge in [0.25, 0.3) is 5.91 Å². The van der Waals surface area contributed by atoms with Crippen molar-refractivity contribution in [3.63, 3.8) is 0 Å². The number of H-pyrrole nitrogens is 1. The molecule has 1 aromatic carbocycles. The second kappa shape index (κ2) is 4.84. The average Bonchev–Trinajstić information content (AvgIpc) is 2.90. The molecule has 1 aliphatic heterocycles. The molecule has 0 unspecified atom stereocenters. The van der Waals surface area contributed by atoms with Gasteiger partial charge in [-0.15, -0.1) is 0 Å². The summed E-state index contributed by atoms with van der Waals surface area (Å²) in [6.07, 6.45) is 8.92. The number of hydrogen-bond acceptors (Lipinski definition) is 2. The summed E-state index contributed by atoms with van der Waals surface area (Å²) in [6, 6.07) is 8.13. The zero-order valence-corrected chi connectivity index (χ0v) is 11.8. The van der Waals surface area contributed by atoms with Crippen molar-refractivity contribution in [1.29, 1.82) is 0 Å². The molecule has 2 aliphatic rings. The van der Waals surface area contributed by atoms with Crippen LogP contribution in [0.4, 0.5) is 0 Å². The summed E-state index contributed by atoms with van der Waals surface area (Å²) in [6.45, 7) is 0. The summed E-state index contributed by atoms with van der Waals surface area (Å²) in [5.41, 5.74) is 4.76. The van der Waals surface area contributed by atoms with Crippen molar-refractivity contribution < 1.29 is 9.59 Å². The third-order valence-electron chi connectivity index (χ3n) is 4.06. The number of aromatic nitrogens is 1. The highest BCUT2D eigenvalue weighted by Gasteiger charge is 2.26. The number of amides is 2. The molecule has 0 radical (unpaired) electrons. The molecule has 4 nitrogen and oxygen atoms in total. The monoisotopic (exact) mass is 290 g/mol. The smallest absolute Gasteiger partial charge is 0.257 e. The van der Waals surface area contributed by atoms with Crippen LogP contribution in [0.2, 0.25) is 0 Å². The van der Waals surface area contributed by atoms with Gasteiger partial charge >= 0.3 is 0 Å². The van der Waals surface area contributed by atoms with Gasteiger partial charge in [0, 0.05) is 28.2 Å². The largest absolute Gasteiger partial charge is 0.361 e. The Labute approximate surface area is 127 Å². The summed E-state index contributed by atoms with van der Waals surface area (Å²) in [5, 5.41) is 3.52. The zero-order valence-electron chi connectivity index (χ0n) is 11.8. The van der Waals surface area contributed by atoms with Gasteiger partial charge in [-0.3, -0.25) is 14.9 Å². The van der Waals surface area contributed by atoms with Crippen molar-refractivity contribution in [2.75, 3.05) is 0 Å². The Morgan fingerprint density at radius 3 is 2.91 bits per heavy atom. The topological polar surface area (TPSA) is 62.0 Å². The van der Waals surface area contributed by atoms with E-state index in [1.165, 1.54) is 5.39 Å². The molecule has 2 amide bonds. The van der Waals surface area contributed by atoms with Crippen LogP contribution in [0.1, 0.15) is 18.4 Å². The van der Waals surface area contributed by atoms with Gasteiger partial charge in [0.15, 0.2) is 0 Å². The zero-order chi connectivity index (χ0) is 15.1. The number of rotatable bonds is 1. The lowest BCUT2D eigenvalue weighted by atomic mass is 9.88. The first-order chi connectivity index (χ1) is 10.7. The third kappa shape index (κ3) is 2.09. The summed E-state index contributed by atoms with van der Waals surface area (Å²) in [4.78, 5) is 26.5. The van der Waals surface area contributed by atoms with Crippen LogP contribution in [0.25, 0.3) is 17.0 Å². The molecule has 0 atom stereocenters. The fourth-order valence-corrected chi connectivity index (χ4v) is 3.02. The number of fused-ring (bicyclic) bond motifs is 2. The van der Waals surface area contributed by atoms with Crippen molar-refractivity contribution in [1.82, 2.24) is 10.3 Å². The Balaban J connectivity index is 1.73. The van der Waals surface area contributed by atoms with E-state index in [4.69, 9.17) is 0 Å². The fourth-order valence-electron chi connectivity index (χ4n) is 3.02. The van der Waals surface area contributed by atoms with Crippen molar-refractivity contribution in [2.45, 2.75) is 12.8 Å². The molecule has 4 rings (SSSR count). The predicted molar refractivity (Wildman–Crippen MR) is 84.8 cm³/mol. The van der Waals surface area contributed by atoms with Crippen LogP contribution >= 0.6 is 0 Å². The normalized spacial score (nSPS) is 19.7. The molecular formula is C18H14N2O2. The van der Waals surface area contributed by atoms with E-state index in [2.05, 4.69) is 22.4 Å². The van der Waals surface area contributed by atoms with Crippen LogP contribution in [-0.4, -0.2) is 16.8 Å². The van der Waals surface area contributed by atoms with Gasteiger partial charge in [-0.2, -0.15) is 0 Å². The lowest BCUT2D eigenvalue weighted by Crippen LogP contribution is -2.37. The molecule has 1 fully saturated rings. The molecule has 4 heteroatoms. The van der Waals surface area contributed by atoms with Crippen molar-refractivity contribution in [2.24, 2.45) is 0 Å². The van der Waals surface area contributed by atoms with Crippen LogP contribution < -0.4 is 5.32 Å². The maximum atomic E-state index is 11.8. The minimum absolute atomic E-state index is 0.234. The van der Waals surface area contributed by atoms with E-state index >= 15 is 0 Å². The van der Waals surface area contributed by atoms with Crippen molar-refractivity contribution >= 4 is 28.8 Å². The van der Waals surface area contributed by atoms with Crippen molar-refractivity contribution in [3.05, 3.63) is 64.9 Å². The van der Waals surface area contributed by atoms with E-state index in [0.717, 1.165) is 22.2 Å². The van der Waals surface area contributed by atoms with Gasteiger partial charge < -0.3 is 4.98 Å². The molecule has 22 heavy (non-hydrogen) atoms. The second-order valence-corrected chi connectivity index (χ2v) is 5.55. The molecule has 1 aliphatic carbocycles. The molecule has 108 valence electrons. The quantitative estimate of drug-likeness (QED) is 0.793. The van der Waals surface area contributed by atoms with E-state index in [9.17, 15) is 9.59 Å². The number of aromatic amines is 1. The minimum atomic E-state index is -0.284. The standard InChI is InChI=1S/C18H14N2O2/c21-17-9-12-7-11(5-6-15(12)18(22)20-17)8-13-10-19-16-4-2-1-3-14(13)16/h1-4,6-8,10,19H,5,9H2,(H,20,21,22). The number of carbonyl (C=O) groups excluding carboxylic acids is 2. The third-order valence-corrected chi connectivity index (χ3v) is 4.06. The van der Waals surface area contributed by atoms with E-state index in [1.54, 1.807) is 0 Å². The first-order valence-corrected chi connectivity index (χ1v) is 7.23. The minimum Gasteiger partial charge on any atom is -0.361 e. The van der Waals surface area contributed by atoms with Crippen LogP contribution in [-0.2, 0) is 9.59 Å². The molecular weight excluding hydrogens is 276 g/mol. The van der Waals surface area contributed by atoms with E-state index < -0.39 is 0 Å². The maximum Gasteiger partial charge on any atom is 0.257 e. The lowest BCUT2D eigenvalue weighted by molar-refractivity contribution is -0.129. The number of carbonyl (C=O) groups is 2. The number of benzene rings is 1. The SMILES string of the molecule is O=C1CC2=CC(=Cc3c[nH]c4ccccc34)CC=C2C(=O)N1. The number of hydrogen-bond donors (Lipinski definition) is 2. The van der Waals surface area contributed by atoms with Crippen LogP contribution in [0, 0.1) is 0 Å². The highest BCUT2D eigenvalue weighted by Crippen LogP contribution is 2.30. The Morgan fingerprint density at radius 1 is 1.14 bits per heavy atom. The van der Waals surface area contributed by atoms with Gasteiger partial charge in [0.1, 0.15) is 0 Å². The number of allylic oxidation sites excluding steroid dienone is 3. The van der Waals surface area contributed by atoms with Gasteiger partial charge in [-0.1, -0.05) is 30.4 Å². The Bertz CT molecular complexity index is 897. The van der Waals surface area contributed by atoms with Gasteiger partial charge in [-0.25, -0.2) is 0 Å². The van der Waals surface area contributed by atoms with Gasteiger partial charge in [-0.05, 0) is 29.7 Å². The van der Waals surface area contributed by atoms with Crippen molar-refractivity contribution in [3.8, 4) is 0 Å². The summed E-state index contributed by atoms with van der Waals surface area (Å²) in [5.74, 6) is -0.518. The average molecular weight is 290 g/mol. The van der Waals surface area contributed by atoms with Crippen LogP contribution in [0.3, 0.4) is 0 Å². The Kier molecular flexibility index (Phi) is 2.82. The summed E-state index contributed by atoms with van der Waals surface area (Å²) >= 11 is 0. The van der Waals surface area contributed by atoms with E-state index in [-0.39, 0.29) is 18.2 Å². The molecule has 2 N–H and O–H groups in total. The first-order valence-electron chi connectivity index (χ1n) is 7.23. The predicted octanol–water partition coefficient (Wildman–Crippen LogP) is 2.85. The van der Waals surface area contributed by atoms with Gasteiger partial charge in [0.2, 0.25) is 5.91 Å². The van der Waals surface area contributed by atoms with Crippen LogP contribution in [0.15, 0.2) is 59.3 Å². The highest BCUT2D eigenvalue weighted by atomic mass is 16.2. The highest BCUT2D eigenvalue weighted by molar-refractivity contribution is 6.12. The van der Waals surface area contributed by atoms with E-state index in [1.807, 2.05) is 36.5 Å². The fraction of sp³-hybridized carbons (Fsp3) is 0.111. The molecule has 2 heterocycles. The molecule has 0 spiro atoms. The van der Waals surface area contributed by atoms with E-state index in [0.29, 0.717) is 12.0 Å². The summed E-state index contributed by atoms with van der Waals surface area (Å²) in [7, 11) is 0. The lowest BCUT2D eigenvalue weighted by Gasteiger charge is -2.21. The summed E-state index contributed by atoms with van der Waals surface area (Å²) < 4.78 is 0. The molecule has 1 saturated heterocycles. The number of imide groups is 1.